The van der Waals surface area contributed by atoms with Crippen molar-refractivity contribution < 1.29 is 18.0 Å². The van der Waals surface area contributed by atoms with Crippen molar-refractivity contribution in [2.75, 3.05) is 25.5 Å². The number of rotatable bonds is 7. The summed E-state index contributed by atoms with van der Waals surface area (Å²) in [5.74, 6) is -0.674. The third-order valence-electron chi connectivity index (χ3n) is 3.01. The van der Waals surface area contributed by atoms with Gasteiger partial charge in [0.25, 0.3) is 0 Å². The average molecular weight is 342 g/mol. The zero-order valence-corrected chi connectivity index (χ0v) is 14.2. The van der Waals surface area contributed by atoms with Gasteiger partial charge < -0.3 is 16.4 Å². The molecule has 0 saturated heterocycles. The van der Waals surface area contributed by atoms with Crippen LogP contribution in [0.3, 0.4) is 0 Å². The number of hydrogen-bond acceptors (Lipinski definition) is 5. The Kier molecular flexibility index (Phi) is 6.67. The molecule has 4 N–H and O–H groups in total. The summed E-state index contributed by atoms with van der Waals surface area (Å²) < 4.78 is 25.7. The molecule has 1 rings (SSSR count). The number of amides is 2. The van der Waals surface area contributed by atoms with Crippen LogP contribution in [0, 0.1) is 0 Å². The fraction of sp³-hybridized carbons (Fsp3) is 0.429. The minimum atomic E-state index is -3.79. The van der Waals surface area contributed by atoms with Crippen LogP contribution in [0.2, 0.25) is 0 Å². The van der Waals surface area contributed by atoms with Gasteiger partial charge in [0.05, 0.1) is 11.4 Å². The Morgan fingerprint density at radius 1 is 1.26 bits per heavy atom. The second kappa shape index (κ2) is 8.04. The highest BCUT2D eigenvalue weighted by Gasteiger charge is 2.23. The van der Waals surface area contributed by atoms with Gasteiger partial charge in [0, 0.05) is 32.2 Å². The Hall–Kier alpha value is -1.97. The van der Waals surface area contributed by atoms with E-state index in [4.69, 9.17) is 5.73 Å². The number of nitrogens with two attached hydrogens (primary N) is 1. The molecule has 0 fully saturated rings. The monoisotopic (exact) mass is 342 g/mol. The molecular formula is C14H22N4O4S. The van der Waals surface area contributed by atoms with Gasteiger partial charge in [-0.25, -0.2) is 8.42 Å². The molecule has 0 radical (unpaired) electrons. The number of nitrogens with zero attached hydrogens (tertiary/aromatic N) is 1. The van der Waals surface area contributed by atoms with Crippen molar-refractivity contribution >= 4 is 27.5 Å². The molecule has 0 aliphatic carbocycles. The fourth-order valence-corrected chi connectivity index (χ4v) is 2.89. The molecule has 0 aromatic heterocycles. The molecule has 0 heterocycles. The molecule has 9 heteroatoms. The van der Waals surface area contributed by atoms with Crippen molar-refractivity contribution in [1.82, 2.24) is 9.62 Å². The van der Waals surface area contributed by atoms with Gasteiger partial charge in [0.15, 0.2) is 0 Å². The minimum absolute atomic E-state index is 0.0359. The summed E-state index contributed by atoms with van der Waals surface area (Å²) >= 11 is 0. The van der Waals surface area contributed by atoms with E-state index in [0.717, 1.165) is 4.31 Å². The number of carbonyl (C=O) groups excluding carboxylic acids is 2. The maximum absolute atomic E-state index is 12.4. The molecule has 128 valence electrons. The highest BCUT2D eigenvalue weighted by atomic mass is 32.2. The lowest BCUT2D eigenvalue weighted by atomic mass is 10.3. The Labute approximate surface area is 136 Å². The number of carbonyl (C=O) groups is 2. The summed E-state index contributed by atoms with van der Waals surface area (Å²) in [6, 6.07) is 5.49. The molecule has 1 aromatic rings. The molecule has 0 unspecified atom stereocenters. The van der Waals surface area contributed by atoms with Crippen LogP contribution in [0.15, 0.2) is 29.2 Å². The lowest BCUT2D eigenvalue weighted by Crippen LogP contribution is -2.44. The number of nitrogens with one attached hydrogen (secondary N) is 2. The molecule has 1 aromatic carbocycles. The first kappa shape index (κ1) is 19.1. The first-order chi connectivity index (χ1) is 10.7. The standard InChI is InChI=1S/C14H22N4O4S/c1-10(8-15)16-14(20)9-18(3)23(21,22)13-6-4-12(5-7-13)17-11(2)19/h4-7,10H,8-9,15H2,1-3H3,(H,16,20)(H,17,19)/t10-/m0/s1. The number of hydrogen-bond donors (Lipinski definition) is 3. The lowest BCUT2D eigenvalue weighted by Gasteiger charge is -2.18. The summed E-state index contributed by atoms with van der Waals surface area (Å²) in [6.45, 7) is 3.06. The number of benzene rings is 1. The minimum Gasteiger partial charge on any atom is -0.351 e. The SMILES string of the molecule is CC(=O)Nc1ccc(S(=O)(=O)N(C)CC(=O)N[C@@H](C)CN)cc1. The molecule has 0 spiro atoms. The molecular weight excluding hydrogens is 320 g/mol. The van der Waals surface area contributed by atoms with Crippen LogP contribution in [-0.2, 0) is 19.6 Å². The van der Waals surface area contributed by atoms with E-state index < -0.39 is 15.9 Å². The van der Waals surface area contributed by atoms with E-state index in [2.05, 4.69) is 10.6 Å². The Bertz CT molecular complexity index is 658. The smallest absolute Gasteiger partial charge is 0.243 e. The third-order valence-corrected chi connectivity index (χ3v) is 4.83. The van der Waals surface area contributed by atoms with Crippen LogP contribution in [0.5, 0.6) is 0 Å². The Balaban J connectivity index is 2.81. The zero-order chi connectivity index (χ0) is 17.6. The van der Waals surface area contributed by atoms with Crippen LogP contribution in [-0.4, -0.2) is 50.7 Å². The van der Waals surface area contributed by atoms with Crippen molar-refractivity contribution in [2.24, 2.45) is 5.73 Å². The van der Waals surface area contributed by atoms with Crippen LogP contribution < -0.4 is 16.4 Å². The third kappa shape index (κ3) is 5.62. The quantitative estimate of drug-likeness (QED) is 0.630. The van der Waals surface area contributed by atoms with Crippen molar-refractivity contribution in [3.63, 3.8) is 0 Å². The van der Waals surface area contributed by atoms with E-state index in [1.165, 1.54) is 38.2 Å². The van der Waals surface area contributed by atoms with E-state index >= 15 is 0 Å². The highest BCUT2D eigenvalue weighted by molar-refractivity contribution is 7.89. The van der Waals surface area contributed by atoms with Crippen molar-refractivity contribution in [2.45, 2.75) is 24.8 Å². The zero-order valence-electron chi connectivity index (χ0n) is 13.4. The first-order valence-corrected chi connectivity index (χ1v) is 8.44. The van der Waals surface area contributed by atoms with Crippen LogP contribution in [0.4, 0.5) is 5.69 Å². The van der Waals surface area contributed by atoms with Gasteiger partial charge in [-0.1, -0.05) is 0 Å². The van der Waals surface area contributed by atoms with Crippen molar-refractivity contribution in [1.29, 1.82) is 0 Å². The molecule has 1 atom stereocenters. The summed E-state index contributed by atoms with van der Waals surface area (Å²) in [5.41, 5.74) is 5.89. The Morgan fingerprint density at radius 2 is 1.83 bits per heavy atom. The first-order valence-electron chi connectivity index (χ1n) is 7.00. The van der Waals surface area contributed by atoms with E-state index in [1.807, 2.05) is 0 Å². The average Bonchev–Trinajstić information content (AvgIpc) is 2.46. The van der Waals surface area contributed by atoms with Crippen molar-refractivity contribution in [3.8, 4) is 0 Å². The van der Waals surface area contributed by atoms with E-state index in [0.29, 0.717) is 5.69 Å². The predicted octanol–water partition coefficient (Wildman–Crippen LogP) is -0.271. The summed E-state index contributed by atoms with van der Waals surface area (Å²) in [5, 5.41) is 5.15. The molecule has 0 bridgehead atoms. The van der Waals surface area contributed by atoms with Gasteiger partial charge in [-0.3, -0.25) is 9.59 Å². The number of sulfonamides is 1. The molecule has 0 aliphatic heterocycles. The summed E-state index contributed by atoms with van der Waals surface area (Å²) in [4.78, 5) is 22.7. The fourth-order valence-electron chi connectivity index (χ4n) is 1.76. The molecule has 8 nitrogen and oxygen atoms in total. The van der Waals surface area contributed by atoms with Gasteiger partial charge in [-0.2, -0.15) is 4.31 Å². The Morgan fingerprint density at radius 3 is 2.30 bits per heavy atom. The molecule has 23 heavy (non-hydrogen) atoms. The van der Waals surface area contributed by atoms with Crippen molar-refractivity contribution in [3.05, 3.63) is 24.3 Å². The van der Waals surface area contributed by atoms with Gasteiger partial charge in [-0.05, 0) is 31.2 Å². The second-order valence-corrected chi connectivity index (χ2v) is 7.22. The van der Waals surface area contributed by atoms with Gasteiger partial charge in [0.1, 0.15) is 0 Å². The topological polar surface area (TPSA) is 122 Å². The molecule has 2 amide bonds. The van der Waals surface area contributed by atoms with Crippen LogP contribution >= 0.6 is 0 Å². The van der Waals surface area contributed by atoms with Gasteiger partial charge in [-0.15, -0.1) is 0 Å². The maximum Gasteiger partial charge on any atom is 0.243 e. The predicted molar refractivity (Wildman–Crippen MR) is 87.2 cm³/mol. The molecule has 0 saturated carbocycles. The van der Waals surface area contributed by atoms with Crippen LogP contribution in [0.1, 0.15) is 13.8 Å². The summed E-state index contributed by atoms with van der Waals surface area (Å²) in [7, 11) is -2.47. The lowest BCUT2D eigenvalue weighted by molar-refractivity contribution is -0.121. The van der Waals surface area contributed by atoms with Gasteiger partial charge in [0.2, 0.25) is 21.8 Å². The van der Waals surface area contributed by atoms with E-state index in [-0.39, 0.29) is 29.9 Å². The largest absolute Gasteiger partial charge is 0.351 e. The highest BCUT2D eigenvalue weighted by Crippen LogP contribution is 2.17. The number of anilines is 1. The molecule has 0 aliphatic rings. The van der Waals surface area contributed by atoms with E-state index in [1.54, 1.807) is 6.92 Å². The van der Waals surface area contributed by atoms with Gasteiger partial charge >= 0.3 is 0 Å². The maximum atomic E-state index is 12.4. The van der Waals surface area contributed by atoms with E-state index in [9.17, 15) is 18.0 Å². The van der Waals surface area contributed by atoms with Crippen LogP contribution in [0.25, 0.3) is 0 Å². The normalized spacial score (nSPS) is 12.7. The number of likely N-dealkylation sites (N-methyl/N-ethyl adjacent to an activating group) is 1. The second-order valence-electron chi connectivity index (χ2n) is 5.17. The summed E-state index contributed by atoms with van der Waals surface area (Å²) in [6.07, 6.45) is 0.